The topological polar surface area (TPSA) is 58.2 Å². The van der Waals surface area contributed by atoms with Gasteiger partial charge in [0.2, 0.25) is 5.91 Å². The summed E-state index contributed by atoms with van der Waals surface area (Å²) in [6, 6.07) is 11.8. The van der Waals surface area contributed by atoms with Crippen LogP contribution >= 0.6 is 0 Å². The van der Waals surface area contributed by atoms with Crippen LogP contribution in [0.1, 0.15) is 24.0 Å². The average Bonchev–Trinajstić information content (AvgIpc) is 3.16. The summed E-state index contributed by atoms with van der Waals surface area (Å²) < 4.78 is 5.37. The number of nitrogens with one attached hydrogen (secondary N) is 1. The maximum atomic E-state index is 12.6. The SMILES string of the molecule is COc1ccccc1CCC(=O)N1CC=C(c2c[nH]c3cccnc23)CC1. The Hall–Kier alpha value is -3.08. The molecule has 0 saturated heterocycles. The van der Waals surface area contributed by atoms with Crippen LogP contribution in [0.15, 0.2) is 54.9 Å². The summed E-state index contributed by atoms with van der Waals surface area (Å²) in [5, 5.41) is 0. The van der Waals surface area contributed by atoms with Gasteiger partial charge in [0.25, 0.3) is 0 Å². The molecule has 3 aromatic rings. The number of nitrogens with zero attached hydrogens (tertiary/aromatic N) is 2. The summed E-state index contributed by atoms with van der Waals surface area (Å²) in [5.41, 5.74) is 5.52. The van der Waals surface area contributed by atoms with Crippen molar-refractivity contribution in [2.75, 3.05) is 20.2 Å². The summed E-state index contributed by atoms with van der Waals surface area (Å²) in [4.78, 5) is 22.3. The molecule has 0 radical (unpaired) electrons. The Morgan fingerprint density at radius 3 is 2.96 bits per heavy atom. The van der Waals surface area contributed by atoms with Crippen LogP contribution in [0.2, 0.25) is 0 Å². The zero-order chi connectivity index (χ0) is 18.6. The van der Waals surface area contributed by atoms with Gasteiger partial charge in [0, 0.05) is 37.5 Å². The van der Waals surface area contributed by atoms with Gasteiger partial charge in [-0.05, 0) is 42.2 Å². The number of rotatable bonds is 5. The maximum absolute atomic E-state index is 12.6. The van der Waals surface area contributed by atoms with Crippen molar-refractivity contribution in [3.63, 3.8) is 0 Å². The van der Waals surface area contributed by atoms with E-state index in [4.69, 9.17) is 4.74 Å². The first-order valence-electron chi connectivity index (χ1n) is 9.27. The van der Waals surface area contributed by atoms with Crippen molar-refractivity contribution in [3.8, 4) is 5.75 Å². The fourth-order valence-electron chi connectivity index (χ4n) is 3.65. The monoisotopic (exact) mass is 361 g/mol. The van der Waals surface area contributed by atoms with Crippen molar-refractivity contribution < 1.29 is 9.53 Å². The summed E-state index contributed by atoms with van der Waals surface area (Å²) in [6.45, 7) is 1.40. The number of H-pyrrole nitrogens is 1. The largest absolute Gasteiger partial charge is 0.496 e. The van der Waals surface area contributed by atoms with E-state index in [1.807, 2.05) is 53.7 Å². The van der Waals surface area contributed by atoms with E-state index in [-0.39, 0.29) is 5.91 Å². The van der Waals surface area contributed by atoms with Gasteiger partial charge in [-0.1, -0.05) is 24.3 Å². The second-order valence-electron chi connectivity index (χ2n) is 6.73. The summed E-state index contributed by atoms with van der Waals surface area (Å²) in [6.07, 6.45) is 8.03. The van der Waals surface area contributed by atoms with Crippen LogP contribution in [0, 0.1) is 0 Å². The van der Waals surface area contributed by atoms with Gasteiger partial charge in [0.15, 0.2) is 0 Å². The standard InChI is InChI=1S/C22H23N3O2/c1-27-20-7-3-2-5-17(20)8-9-21(26)25-13-10-16(11-14-25)18-15-24-19-6-4-12-23-22(18)19/h2-7,10,12,15,24H,8-9,11,13-14H2,1H3. The van der Waals surface area contributed by atoms with Gasteiger partial charge >= 0.3 is 0 Å². The fourth-order valence-corrected chi connectivity index (χ4v) is 3.65. The molecule has 0 bridgehead atoms. The number of methoxy groups -OCH3 is 1. The molecule has 1 amide bonds. The van der Waals surface area contributed by atoms with Crippen molar-refractivity contribution >= 4 is 22.5 Å². The molecule has 0 fully saturated rings. The number of carbonyl (C=O) groups excluding carboxylic acids is 1. The molecule has 1 aliphatic rings. The minimum absolute atomic E-state index is 0.188. The van der Waals surface area contributed by atoms with Crippen LogP contribution in [-0.4, -0.2) is 41.0 Å². The third kappa shape index (κ3) is 3.58. The number of carbonyl (C=O) groups is 1. The zero-order valence-corrected chi connectivity index (χ0v) is 15.4. The number of aromatic nitrogens is 2. The Balaban J connectivity index is 1.40. The summed E-state index contributed by atoms with van der Waals surface area (Å²) in [7, 11) is 1.66. The number of fused-ring (bicyclic) bond motifs is 1. The fraction of sp³-hybridized carbons (Fsp3) is 0.273. The van der Waals surface area contributed by atoms with Crippen LogP contribution in [-0.2, 0) is 11.2 Å². The van der Waals surface area contributed by atoms with Gasteiger partial charge < -0.3 is 14.6 Å². The molecular weight excluding hydrogens is 338 g/mol. The first-order chi connectivity index (χ1) is 13.3. The van der Waals surface area contributed by atoms with Crippen molar-refractivity contribution in [2.45, 2.75) is 19.3 Å². The maximum Gasteiger partial charge on any atom is 0.223 e. The van der Waals surface area contributed by atoms with Crippen LogP contribution in [0.5, 0.6) is 5.75 Å². The number of amides is 1. The van der Waals surface area contributed by atoms with E-state index in [0.717, 1.165) is 40.9 Å². The summed E-state index contributed by atoms with van der Waals surface area (Å²) in [5.74, 6) is 1.03. The highest BCUT2D eigenvalue weighted by Crippen LogP contribution is 2.28. The molecule has 3 heterocycles. The van der Waals surface area contributed by atoms with E-state index in [1.165, 1.54) is 5.57 Å². The smallest absolute Gasteiger partial charge is 0.223 e. The molecule has 138 valence electrons. The Labute approximate surface area is 158 Å². The summed E-state index contributed by atoms with van der Waals surface area (Å²) >= 11 is 0. The van der Waals surface area contributed by atoms with Gasteiger partial charge in [-0.3, -0.25) is 9.78 Å². The molecule has 5 heteroatoms. The van der Waals surface area contributed by atoms with E-state index < -0.39 is 0 Å². The minimum atomic E-state index is 0.188. The Morgan fingerprint density at radius 2 is 2.15 bits per heavy atom. The van der Waals surface area contributed by atoms with Gasteiger partial charge in [-0.25, -0.2) is 0 Å². The number of aryl methyl sites for hydroxylation is 1. The van der Waals surface area contributed by atoms with Crippen LogP contribution in [0.4, 0.5) is 0 Å². The van der Waals surface area contributed by atoms with Crippen molar-refractivity contribution in [2.24, 2.45) is 0 Å². The molecule has 5 nitrogen and oxygen atoms in total. The number of pyridine rings is 1. The normalized spacial score (nSPS) is 14.3. The lowest BCUT2D eigenvalue weighted by Gasteiger charge is -2.26. The molecule has 4 rings (SSSR count). The molecule has 0 spiro atoms. The van der Waals surface area contributed by atoms with Crippen molar-refractivity contribution in [1.29, 1.82) is 0 Å². The molecule has 0 aliphatic carbocycles. The minimum Gasteiger partial charge on any atom is -0.496 e. The second-order valence-corrected chi connectivity index (χ2v) is 6.73. The van der Waals surface area contributed by atoms with Gasteiger partial charge in [-0.15, -0.1) is 0 Å². The number of hydrogen-bond acceptors (Lipinski definition) is 3. The molecule has 27 heavy (non-hydrogen) atoms. The highest BCUT2D eigenvalue weighted by atomic mass is 16.5. The molecule has 1 aliphatic heterocycles. The number of benzene rings is 1. The molecule has 2 aromatic heterocycles. The van der Waals surface area contributed by atoms with Crippen molar-refractivity contribution in [1.82, 2.24) is 14.9 Å². The molecule has 0 saturated carbocycles. The molecular formula is C22H23N3O2. The molecule has 0 atom stereocenters. The third-order valence-corrected chi connectivity index (χ3v) is 5.14. The van der Waals surface area contributed by atoms with Crippen LogP contribution < -0.4 is 4.74 Å². The van der Waals surface area contributed by atoms with Gasteiger partial charge in [0.05, 0.1) is 18.1 Å². The Bertz CT molecular complexity index is 990. The Morgan fingerprint density at radius 1 is 1.26 bits per heavy atom. The van der Waals surface area contributed by atoms with E-state index in [2.05, 4.69) is 16.0 Å². The molecule has 0 unspecified atom stereocenters. The number of hydrogen-bond donors (Lipinski definition) is 1. The number of aromatic amines is 1. The number of para-hydroxylation sites is 1. The quantitative estimate of drug-likeness (QED) is 0.752. The average molecular weight is 361 g/mol. The van der Waals surface area contributed by atoms with Crippen LogP contribution in [0.3, 0.4) is 0 Å². The molecule has 1 N–H and O–H groups in total. The predicted octanol–water partition coefficient (Wildman–Crippen LogP) is 3.82. The third-order valence-electron chi connectivity index (χ3n) is 5.14. The van der Waals surface area contributed by atoms with Crippen molar-refractivity contribution in [3.05, 3.63) is 66.0 Å². The van der Waals surface area contributed by atoms with E-state index in [9.17, 15) is 4.79 Å². The lowest BCUT2D eigenvalue weighted by Crippen LogP contribution is -2.34. The highest BCUT2D eigenvalue weighted by Gasteiger charge is 2.20. The molecule has 1 aromatic carbocycles. The Kier molecular flexibility index (Phi) is 4.92. The number of ether oxygens (including phenoxy) is 1. The second kappa shape index (κ2) is 7.66. The lowest BCUT2D eigenvalue weighted by atomic mass is 10.0. The van der Waals surface area contributed by atoms with E-state index in [0.29, 0.717) is 19.4 Å². The van der Waals surface area contributed by atoms with Gasteiger partial charge in [0.1, 0.15) is 5.75 Å². The first-order valence-corrected chi connectivity index (χ1v) is 9.27. The van der Waals surface area contributed by atoms with E-state index >= 15 is 0 Å². The van der Waals surface area contributed by atoms with Crippen LogP contribution in [0.25, 0.3) is 16.6 Å². The first kappa shape index (κ1) is 17.3. The van der Waals surface area contributed by atoms with E-state index in [1.54, 1.807) is 7.11 Å². The highest BCUT2D eigenvalue weighted by molar-refractivity contribution is 5.90. The lowest BCUT2D eigenvalue weighted by molar-refractivity contribution is -0.130. The van der Waals surface area contributed by atoms with Gasteiger partial charge in [-0.2, -0.15) is 0 Å². The predicted molar refractivity (Wildman–Crippen MR) is 107 cm³/mol. The zero-order valence-electron chi connectivity index (χ0n) is 15.4.